The highest BCUT2D eigenvalue weighted by molar-refractivity contribution is 5.90. The Labute approximate surface area is 197 Å². The second kappa shape index (κ2) is 8.57. The summed E-state index contributed by atoms with van der Waals surface area (Å²) in [5.41, 5.74) is 1.33. The molecule has 2 heterocycles. The fourth-order valence-electron chi connectivity index (χ4n) is 4.39. The number of hydrogen-bond donors (Lipinski definition) is 1. The monoisotopic (exact) mass is 483 g/mol. The molecule has 0 aliphatic carbocycles. The maximum absolute atomic E-state index is 14.2. The predicted octanol–water partition coefficient (Wildman–Crippen LogP) is 6.91. The number of nitrogens with one attached hydrogen (secondary N) is 1. The Morgan fingerprint density at radius 1 is 0.886 bits per heavy atom. The van der Waals surface area contributed by atoms with Crippen molar-refractivity contribution in [2.75, 3.05) is 5.32 Å². The lowest BCUT2D eigenvalue weighted by Crippen LogP contribution is -2.38. The molecule has 5 rings (SSSR count). The molecule has 0 radical (unpaired) electrons. The van der Waals surface area contributed by atoms with Gasteiger partial charge in [-0.2, -0.15) is 13.2 Å². The molecule has 4 aromatic rings. The standard InChI is InChI=1S/C26H18F5N3O/c27-19-11-17(12-20(28)14-19)24-23-9-4-10-33(23)22-8-2-1-5-16(22)15-34(24)25(35)32-21-7-3-6-18(13-21)26(29,30)31/h1-14,24H,15H2,(H,32,35). The van der Waals surface area contributed by atoms with Crippen molar-refractivity contribution in [2.24, 2.45) is 0 Å². The fraction of sp³-hybridized carbons (Fsp3) is 0.115. The highest BCUT2D eigenvalue weighted by Gasteiger charge is 2.34. The number of alkyl halides is 3. The van der Waals surface area contributed by atoms with Crippen LogP contribution in [0.15, 0.2) is 85.1 Å². The molecule has 1 aliphatic heterocycles. The molecule has 35 heavy (non-hydrogen) atoms. The number of benzene rings is 3. The lowest BCUT2D eigenvalue weighted by Gasteiger charge is -2.31. The van der Waals surface area contributed by atoms with Crippen molar-refractivity contribution in [2.45, 2.75) is 18.8 Å². The number of anilines is 1. The van der Waals surface area contributed by atoms with Gasteiger partial charge in [-0.15, -0.1) is 0 Å². The highest BCUT2D eigenvalue weighted by atomic mass is 19.4. The number of hydrogen-bond acceptors (Lipinski definition) is 1. The van der Waals surface area contributed by atoms with E-state index in [1.54, 1.807) is 24.4 Å². The van der Waals surface area contributed by atoms with E-state index in [2.05, 4.69) is 5.32 Å². The lowest BCUT2D eigenvalue weighted by molar-refractivity contribution is -0.137. The van der Waals surface area contributed by atoms with E-state index in [1.807, 2.05) is 22.8 Å². The fourth-order valence-corrected chi connectivity index (χ4v) is 4.39. The largest absolute Gasteiger partial charge is 0.416 e. The summed E-state index contributed by atoms with van der Waals surface area (Å²) < 4.78 is 69.8. The minimum atomic E-state index is -4.58. The quantitative estimate of drug-likeness (QED) is 0.309. The van der Waals surface area contributed by atoms with Crippen LogP contribution in [-0.2, 0) is 12.7 Å². The topological polar surface area (TPSA) is 37.3 Å². The van der Waals surface area contributed by atoms with E-state index >= 15 is 0 Å². The van der Waals surface area contributed by atoms with Gasteiger partial charge in [0.05, 0.1) is 23.8 Å². The summed E-state index contributed by atoms with van der Waals surface area (Å²) in [6.45, 7) is 0.0471. The third-order valence-corrected chi connectivity index (χ3v) is 5.87. The van der Waals surface area contributed by atoms with Crippen molar-refractivity contribution >= 4 is 11.7 Å². The molecule has 9 heteroatoms. The SMILES string of the molecule is O=C(Nc1cccc(C(F)(F)F)c1)N1Cc2ccccc2-n2cccc2C1c1cc(F)cc(F)c1. The molecule has 2 amide bonds. The van der Waals surface area contributed by atoms with Crippen LogP contribution in [0.5, 0.6) is 0 Å². The third kappa shape index (κ3) is 4.37. The van der Waals surface area contributed by atoms with Gasteiger partial charge >= 0.3 is 12.2 Å². The van der Waals surface area contributed by atoms with E-state index in [-0.39, 0.29) is 17.8 Å². The van der Waals surface area contributed by atoms with E-state index < -0.39 is 35.4 Å². The van der Waals surface area contributed by atoms with Crippen molar-refractivity contribution < 1.29 is 26.7 Å². The second-order valence-corrected chi connectivity index (χ2v) is 8.17. The van der Waals surface area contributed by atoms with Gasteiger partial charge in [-0.3, -0.25) is 0 Å². The molecule has 0 bridgehead atoms. The zero-order valence-corrected chi connectivity index (χ0v) is 18.1. The molecule has 1 N–H and O–H groups in total. The first-order valence-electron chi connectivity index (χ1n) is 10.7. The molecule has 4 nitrogen and oxygen atoms in total. The molecule has 0 spiro atoms. The number of rotatable bonds is 2. The molecule has 0 fully saturated rings. The van der Waals surface area contributed by atoms with Gasteiger partial charge in [0, 0.05) is 23.6 Å². The lowest BCUT2D eigenvalue weighted by atomic mass is 10.0. The zero-order chi connectivity index (χ0) is 24.7. The Bertz CT molecular complexity index is 1390. The van der Waals surface area contributed by atoms with Gasteiger partial charge in [0.2, 0.25) is 0 Å². The van der Waals surface area contributed by atoms with Crippen LogP contribution < -0.4 is 5.32 Å². The smallest absolute Gasteiger partial charge is 0.318 e. The van der Waals surface area contributed by atoms with Crippen molar-refractivity contribution in [1.29, 1.82) is 0 Å². The molecular weight excluding hydrogens is 465 g/mol. The molecule has 0 saturated heterocycles. The number of fused-ring (bicyclic) bond motifs is 3. The van der Waals surface area contributed by atoms with Crippen LogP contribution in [0.2, 0.25) is 0 Å². The maximum Gasteiger partial charge on any atom is 0.416 e. The number of para-hydroxylation sites is 1. The van der Waals surface area contributed by atoms with Crippen LogP contribution in [0.4, 0.5) is 32.4 Å². The van der Waals surface area contributed by atoms with Gasteiger partial charge in [-0.1, -0.05) is 24.3 Å². The van der Waals surface area contributed by atoms with E-state index in [0.717, 1.165) is 41.6 Å². The Morgan fingerprint density at radius 3 is 2.37 bits per heavy atom. The minimum Gasteiger partial charge on any atom is -0.318 e. The molecule has 1 unspecified atom stereocenters. The molecule has 1 aliphatic rings. The first kappa shape index (κ1) is 22.6. The zero-order valence-electron chi connectivity index (χ0n) is 18.1. The molecule has 178 valence electrons. The number of aromatic nitrogens is 1. The number of urea groups is 1. The van der Waals surface area contributed by atoms with Crippen LogP contribution >= 0.6 is 0 Å². The summed E-state index contributed by atoms with van der Waals surface area (Å²) in [5.74, 6) is -1.61. The summed E-state index contributed by atoms with van der Waals surface area (Å²) in [5, 5.41) is 2.52. The Balaban J connectivity index is 1.62. The number of carbonyl (C=O) groups is 1. The molecule has 0 saturated carbocycles. The maximum atomic E-state index is 14.2. The normalized spacial score (nSPS) is 15.2. The molecule has 1 aromatic heterocycles. The van der Waals surface area contributed by atoms with Crippen LogP contribution in [-0.4, -0.2) is 15.5 Å². The summed E-state index contributed by atoms with van der Waals surface area (Å²) in [4.78, 5) is 14.9. The van der Waals surface area contributed by atoms with E-state index in [0.29, 0.717) is 5.69 Å². The predicted molar refractivity (Wildman–Crippen MR) is 120 cm³/mol. The van der Waals surface area contributed by atoms with E-state index in [9.17, 15) is 26.7 Å². The van der Waals surface area contributed by atoms with Crippen molar-refractivity contribution in [3.8, 4) is 5.69 Å². The van der Waals surface area contributed by atoms with Crippen LogP contribution in [0.3, 0.4) is 0 Å². The van der Waals surface area contributed by atoms with Gasteiger partial charge in [0.1, 0.15) is 11.6 Å². The third-order valence-electron chi connectivity index (χ3n) is 5.87. The first-order valence-corrected chi connectivity index (χ1v) is 10.7. The minimum absolute atomic E-state index is 0.0471. The summed E-state index contributed by atoms with van der Waals surface area (Å²) in [6.07, 6.45) is -2.80. The second-order valence-electron chi connectivity index (χ2n) is 8.17. The van der Waals surface area contributed by atoms with Gasteiger partial charge in [0.25, 0.3) is 0 Å². The van der Waals surface area contributed by atoms with Crippen LogP contribution in [0.25, 0.3) is 5.69 Å². The van der Waals surface area contributed by atoms with Crippen molar-refractivity contribution in [3.63, 3.8) is 0 Å². The van der Waals surface area contributed by atoms with Crippen molar-refractivity contribution in [1.82, 2.24) is 9.47 Å². The highest BCUT2D eigenvalue weighted by Crippen LogP contribution is 2.38. The average molecular weight is 483 g/mol. The Hall–Kier alpha value is -4.14. The Kier molecular flexibility index (Phi) is 5.55. The Morgan fingerprint density at radius 2 is 1.63 bits per heavy atom. The molecular formula is C26H18F5N3O. The van der Waals surface area contributed by atoms with Gasteiger partial charge in [-0.05, 0) is 59.7 Å². The number of amides is 2. The van der Waals surface area contributed by atoms with Gasteiger partial charge < -0.3 is 14.8 Å². The van der Waals surface area contributed by atoms with Gasteiger partial charge in [-0.25, -0.2) is 13.6 Å². The molecule has 3 aromatic carbocycles. The van der Waals surface area contributed by atoms with Crippen molar-refractivity contribution in [3.05, 3.63) is 119 Å². The number of nitrogens with zero attached hydrogens (tertiary/aromatic N) is 2. The molecule has 1 atom stereocenters. The number of carbonyl (C=O) groups excluding carboxylic acids is 1. The summed E-state index contributed by atoms with van der Waals surface area (Å²) in [7, 11) is 0. The van der Waals surface area contributed by atoms with E-state index in [4.69, 9.17) is 0 Å². The summed E-state index contributed by atoms with van der Waals surface area (Å²) >= 11 is 0. The first-order chi connectivity index (χ1) is 16.7. The summed E-state index contributed by atoms with van der Waals surface area (Å²) in [6, 6.07) is 16.5. The van der Waals surface area contributed by atoms with E-state index in [1.165, 1.54) is 17.0 Å². The van der Waals surface area contributed by atoms with Crippen LogP contribution in [0.1, 0.15) is 28.4 Å². The number of halogens is 5. The van der Waals surface area contributed by atoms with Gasteiger partial charge in [0.15, 0.2) is 0 Å². The van der Waals surface area contributed by atoms with Crippen LogP contribution in [0, 0.1) is 11.6 Å². The average Bonchev–Trinajstić information content (AvgIpc) is 3.22.